The van der Waals surface area contributed by atoms with Crippen molar-refractivity contribution in [3.05, 3.63) is 47.4 Å². The van der Waals surface area contributed by atoms with E-state index in [2.05, 4.69) is 46.5 Å². The van der Waals surface area contributed by atoms with Crippen molar-refractivity contribution in [1.29, 1.82) is 0 Å². The molecule has 17 heavy (non-hydrogen) atoms. The van der Waals surface area contributed by atoms with Gasteiger partial charge in [0.25, 0.3) is 0 Å². The van der Waals surface area contributed by atoms with Crippen LogP contribution in [0.1, 0.15) is 16.8 Å². The fraction of sp³-hybridized carbons (Fsp3) is 0.286. The number of rotatable bonds is 1. The van der Waals surface area contributed by atoms with Gasteiger partial charge in [0, 0.05) is 17.7 Å². The first-order valence-electron chi connectivity index (χ1n) is 5.96. The summed E-state index contributed by atoms with van der Waals surface area (Å²) in [5.41, 5.74) is 6.06. The van der Waals surface area contributed by atoms with E-state index in [-0.39, 0.29) is 0 Å². The number of nitrogens with one attached hydrogen (secondary N) is 1. The smallest absolute Gasteiger partial charge is 0.116 e. The van der Waals surface area contributed by atoms with Crippen molar-refractivity contribution in [1.82, 2.24) is 15.3 Å². The number of hydrogen-bond acceptors (Lipinski definition) is 3. The molecule has 86 valence electrons. The second-order valence-corrected chi connectivity index (χ2v) is 4.39. The Balaban J connectivity index is 2.18. The summed E-state index contributed by atoms with van der Waals surface area (Å²) in [4.78, 5) is 8.85. The zero-order valence-electron chi connectivity index (χ0n) is 9.90. The number of nitrogens with zero attached hydrogens (tertiary/aromatic N) is 2. The van der Waals surface area contributed by atoms with E-state index in [1.807, 2.05) is 0 Å². The minimum Gasteiger partial charge on any atom is -0.311 e. The third kappa shape index (κ3) is 1.83. The Morgan fingerprint density at radius 2 is 2.06 bits per heavy atom. The molecule has 0 unspecified atom stereocenters. The van der Waals surface area contributed by atoms with E-state index in [1.54, 1.807) is 6.33 Å². The van der Waals surface area contributed by atoms with Gasteiger partial charge in [0.15, 0.2) is 0 Å². The first-order valence-corrected chi connectivity index (χ1v) is 5.96. The van der Waals surface area contributed by atoms with Crippen LogP contribution >= 0.6 is 0 Å². The normalized spacial score (nSPS) is 14.4. The van der Waals surface area contributed by atoms with E-state index in [0.717, 1.165) is 30.9 Å². The van der Waals surface area contributed by atoms with Gasteiger partial charge in [-0.05, 0) is 25.5 Å². The Morgan fingerprint density at radius 1 is 1.18 bits per heavy atom. The third-order valence-electron chi connectivity index (χ3n) is 3.28. The summed E-state index contributed by atoms with van der Waals surface area (Å²) in [6, 6.07) is 8.40. The van der Waals surface area contributed by atoms with Gasteiger partial charge in [0.1, 0.15) is 6.33 Å². The molecule has 0 amide bonds. The highest BCUT2D eigenvalue weighted by atomic mass is 14.9. The minimum atomic E-state index is 0.858. The molecule has 0 atom stereocenters. The standard InChI is InChI=1S/C14H15N3/c1-10-4-2-3-5-11(10)14-12-6-7-15-8-13(12)16-9-17-14/h2-5,9,15H,6-8H2,1H3. The van der Waals surface area contributed by atoms with Crippen LogP contribution in [0.4, 0.5) is 0 Å². The van der Waals surface area contributed by atoms with Crippen LogP contribution in [-0.2, 0) is 13.0 Å². The molecule has 0 bridgehead atoms. The fourth-order valence-electron chi connectivity index (χ4n) is 2.35. The Kier molecular flexibility index (Phi) is 2.61. The van der Waals surface area contributed by atoms with E-state index in [4.69, 9.17) is 0 Å². The van der Waals surface area contributed by atoms with E-state index < -0.39 is 0 Å². The summed E-state index contributed by atoms with van der Waals surface area (Å²) < 4.78 is 0. The van der Waals surface area contributed by atoms with Gasteiger partial charge in [-0.2, -0.15) is 0 Å². The van der Waals surface area contributed by atoms with Gasteiger partial charge < -0.3 is 5.32 Å². The summed E-state index contributed by atoms with van der Waals surface area (Å²) in [7, 11) is 0. The molecule has 3 heteroatoms. The molecule has 2 aromatic rings. The van der Waals surface area contributed by atoms with Crippen LogP contribution in [0.15, 0.2) is 30.6 Å². The van der Waals surface area contributed by atoms with Gasteiger partial charge in [-0.15, -0.1) is 0 Å². The largest absolute Gasteiger partial charge is 0.311 e. The first kappa shape index (κ1) is 10.4. The average molecular weight is 225 g/mol. The van der Waals surface area contributed by atoms with Crippen LogP contribution < -0.4 is 5.32 Å². The predicted octanol–water partition coefficient (Wildman–Crippen LogP) is 2.10. The highest BCUT2D eigenvalue weighted by Crippen LogP contribution is 2.27. The van der Waals surface area contributed by atoms with Crippen molar-refractivity contribution in [2.24, 2.45) is 0 Å². The maximum absolute atomic E-state index is 4.48. The molecule has 3 nitrogen and oxygen atoms in total. The Labute approximate surface area is 101 Å². The van der Waals surface area contributed by atoms with Gasteiger partial charge >= 0.3 is 0 Å². The van der Waals surface area contributed by atoms with Gasteiger partial charge in [-0.3, -0.25) is 0 Å². The monoisotopic (exact) mass is 225 g/mol. The topological polar surface area (TPSA) is 37.8 Å². The second kappa shape index (κ2) is 4.26. The molecular formula is C14H15N3. The van der Waals surface area contributed by atoms with Crippen LogP contribution in [0.3, 0.4) is 0 Å². The predicted molar refractivity (Wildman–Crippen MR) is 67.6 cm³/mol. The molecule has 1 aromatic carbocycles. The van der Waals surface area contributed by atoms with Crippen LogP contribution in [0.5, 0.6) is 0 Å². The fourth-order valence-corrected chi connectivity index (χ4v) is 2.35. The number of benzene rings is 1. The molecule has 1 N–H and O–H groups in total. The summed E-state index contributed by atoms with van der Waals surface area (Å²) >= 11 is 0. The number of fused-ring (bicyclic) bond motifs is 1. The molecule has 0 saturated heterocycles. The van der Waals surface area contributed by atoms with E-state index in [9.17, 15) is 0 Å². The van der Waals surface area contributed by atoms with Crippen molar-refractivity contribution in [2.45, 2.75) is 19.9 Å². The highest BCUT2D eigenvalue weighted by molar-refractivity contribution is 5.67. The quantitative estimate of drug-likeness (QED) is 0.807. The highest BCUT2D eigenvalue weighted by Gasteiger charge is 2.16. The van der Waals surface area contributed by atoms with Crippen molar-refractivity contribution in [3.8, 4) is 11.3 Å². The van der Waals surface area contributed by atoms with Crippen LogP contribution in [0.2, 0.25) is 0 Å². The first-order chi connectivity index (χ1) is 8.36. The van der Waals surface area contributed by atoms with E-state index >= 15 is 0 Å². The summed E-state index contributed by atoms with van der Waals surface area (Å²) in [5.74, 6) is 0. The molecule has 3 rings (SSSR count). The van der Waals surface area contributed by atoms with Gasteiger partial charge in [0.2, 0.25) is 0 Å². The van der Waals surface area contributed by atoms with Crippen molar-refractivity contribution in [2.75, 3.05) is 6.54 Å². The molecule has 1 aliphatic rings. The zero-order valence-corrected chi connectivity index (χ0v) is 9.90. The van der Waals surface area contributed by atoms with E-state index in [1.165, 1.54) is 16.7 Å². The van der Waals surface area contributed by atoms with Crippen LogP contribution in [0, 0.1) is 6.92 Å². The maximum Gasteiger partial charge on any atom is 0.116 e. The van der Waals surface area contributed by atoms with Crippen LogP contribution in [0.25, 0.3) is 11.3 Å². The molecule has 0 fully saturated rings. The molecule has 1 aromatic heterocycles. The van der Waals surface area contributed by atoms with Gasteiger partial charge in [-0.1, -0.05) is 24.3 Å². The molecular weight excluding hydrogens is 210 g/mol. The Hall–Kier alpha value is -1.74. The third-order valence-corrected chi connectivity index (χ3v) is 3.28. The summed E-state index contributed by atoms with van der Waals surface area (Å²) in [5, 5.41) is 3.34. The lowest BCUT2D eigenvalue weighted by Crippen LogP contribution is -2.25. The average Bonchev–Trinajstić information content (AvgIpc) is 2.39. The number of hydrogen-bond donors (Lipinski definition) is 1. The van der Waals surface area contributed by atoms with Gasteiger partial charge in [0.05, 0.1) is 11.4 Å². The summed E-state index contributed by atoms with van der Waals surface area (Å²) in [6.07, 6.45) is 2.69. The SMILES string of the molecule is Cc1ccccc1-c1ncnc2c1CCNC2. The zero-order chi connectivity index (χ0) is 11.7. The van der Waals surface area contributed by atoms with Crippen LogP contribution in [-0.4, -0.2) is 16.5 Å². The molecule has 0 radical (unpaired) electrons. The Bertz CT molecular complexity index is 549. The van der Waals surface area contributed by atoms with Crippen molar-refractivity contribution in [3.63, 3.8) is 0 Å². The van der Waals surface area contributed by atoms with E-state index in [0.29, 0.717) is 0 Å². The molecule has 0 spiro atoms. The molecule has 1 aliphatic heterocycles. The number of aryl methyl sites for hydroxylation is 1. The Morgan fingerprint density at radius 3 is 2.94 bits per heavy atom. The van der Waals surface area contributed by atoms with Crippen molar-refractivity contribution >= 4 is 0 Å². The van der Waals surface area contributed by atoms with Gasteiger partial charge in [-0.25, -0.2) is 9.97 Å². The number of aromatic nitrogens is 2. The molecule has 0 aliphatic carbocycles. The molecule has 2 heterocycles. The second-order valence-electron chi connectivity index (χ2n) is 4.39. The summed E-state index contributed by atoms with van der Waals surface area (Å²) in [6.45, 7) is 4.00. The lowest BCUT2D eigenvalue weighted by atomic mass is 9.97. The molecule has 0 saturated carbocycles. The maximum atomic E-state index is 4.48. The lowest BCUT2D eigenvalue weighted by molar-refractivity contribution is 0.624. The minimum absolute atomic E-state index is 0.858. The van der Waals surface area contributed by atoms with Crippen molar-refractivity contribution < 1.29 is 0 Å². The lowest BCUT2D eigenvalue weighted by Gasteiger charge is -2.19.